The molecule has 0 fully saturated rings. The highest BCUT2D eigenvalue weighted by atomic mass is 32.2. The van der Waals surface area contributed by atoms with Crippen molar-refractivity contribution in [3.63, 3.8) is 0 Å². The molecule has 9 nitrogen and oxygen atoms in total. The molecule has 122 valence electrons. The quantitative estimate of drug-likeness (QED) is 0.511. The Kier molecular flexibility index (Phi) is 5.92. The van der Waals surface area contributed by atoms with Crippen LogP contribution in [0.1, 0.15) is 18.4 Å². The summed E-state index contributed by atoms with van der Waals surface area (Å²) >= 11 is -1.48. The van der Waals surface area contributed by atoms with E-state index in [4.69, 9.17) is 10.6 Å². The number of nitrogens with zero attached hydrogens (tertiary/aromatic N) is 5. The molecule has 0 saturated heterocycles. The van der Waals surface area contributed by atoms with E-state index in [1.54, 1.807) is 6.20 Å². The van der Waals surface area contributed by atoms with Crippen molar-refractivity contribution < 1.29 is 9.39 Å². The van der Waals surface area contributed by atoms with Crippen LogP contribution in [0, 0.1) is 0 Å². The molecule has 2 aromatic heterocycles. The highest BCUT2D eigenvalue weighted by Crippen LogP contribution is 2.00. The van der Waals surface area contributed by atoms with Crippen molar-refractivity contribution in [3.05, 3.63) is 23.4 Å². The highest BCUT2D eigenvalue weighted by Gasteiger charge is 2.03. The zero-order chi connectivity index (χ0) is 15.9. The van der Waals surface area contributed by atoms with Crippen molar-refractivity contribution in [2.24, 2.45) is 4.99 Å². The molecule has 22 heavy (non-hydrogen) atoms. The molecule has 3 N–H and O–H groups in total. The molecule has 2 aromatic rings. The fourth-order valence-electron chi connectivity index (χ4n) is 1.82. The third-order valence-corrected chi connectivity index (χ3v) is 3.50. The predicted molar refractivity (Wildman–Crippen MR) is 82.4 cm³/mol. The molecular weight excluding hydrogens is 306 g/mol. The number of H-pyrrole nitrogens is 1. The summed E-state index contributed by atoms with van der Waals surface area (Å²) in [5, 5.41) is 4.13. The van der Waals surface area contributed by atoms with Gasteiger partial charge in [-0.2, -0.15) is 0 Å². The van der Waals surface area contributed by atoms with Crippen LogP contribution in [0.4, 0.5) is 5.82 Å². The summed E-state index contributed by atoms with van der Waals surface area (Å²) in [5.74, 6) is 0.194. The van der Waals surface area contributed by atoms with Gasteiger partial charge in [-0.15, -0.1) is 14.3 Å². The molecule has 0 aliphatic rings. The average molecular weight is 327 g/mol. The number of aromatic amines is 1. The first-order valence-electron chi connectivity index (χ1n) is 6.93. The van der Waals surface area contributed by atoms with E-state index in [0.29, 0.717) is 18.6 Å². The van der Waals surface area contributed by atoms with Gasteiger partial charge in [0.1, 0.15) is 6.61 Å². The Morgan fingerprint density at radius 3 is 3.00 bits per heavy atom. The maximum Gasteiger partial charge on any atom is 0.229 e. The second-order valence-corrected chi connectivity index (χ2v) is 5.97. The van der Waals surface area contributed by atoms with Crippen LogP contribution >= 0.6 is 11.1 Å². The molecule has 2 heterocycles. The Labute approximate surface area is 131 Å². The lowest BCUT2D eigenvalue weighted by Crippen LogP contribution is -2.14. The molecule has 0 aliphatic heterocycles. The van der Waals surface area contributed by atoms with Crippen molar-refractivity contribution in [2.75, 3.05) is 33.0 Å². The van der Waals surface area contributed by atoms with Crippen molar-refractivity contribution in [2.45, 2.75) is 19.4 Å². The number of hydrogen-bond acceptors (Lipinski definition) is 7. The number of anilines is 1. The number of rotatable bonds is 8. The summed E-state index contributed by atoms with van der Waals surface area (Å²) in [6.07, 6.45) is 5.33. The Balaban J connectivity index is 1.66. The van der Waals surface area contributed by atoms with Crippen molar-refractivity contribution in [1.29, 1.82) is 0 Å². The summed E-state index contributed by atoms with van der Waals surface area (Å²) in [4.78, 5) is 13.3. The van der Waals surface area contributed by atoms with Gasteiger partial charge in [0.25, 0.3) is 0 Å². The molecule has 0 bridgehead atoms. The highest BCUT2D eigenvalue weighted by molar-refractivity contribution is 7.13. The number of aromatic nitrogens is 4. The predicted octanol–water partition coefficient (Wildman–Crippen LogP) is -0.213. The van der Waals surface area contributed by atoms with Crippen LogP contribution < -0.4 is 16.1 Å². The van der Waals surface area contributed by atoms with Crippen LogP contribution in [-0.4, -0.2) is 55.4 Å². The second kappa shape index (κ2) is 7.92. The van der Waals surface area contributed by atoms with Gasteiger partial charge in [0.05, 0.1) is 12.4 Å². The lowest BCUT2D eigenvalue weighted by Gasteiger charge is -2.06. The van der Waals surface area contributed by atoms with Gasteiger partial charge in [0.15, 0.2) is 11.1 Å². The zero-order valence-corrected chi connectivity index (χ0v) is 13.5. The number of nitrogens with two attached hydrogens (primary N) is 1. The molecule has 0 spiro atoms. The summed E-state index contributed by atoms with van der Waals surface area (Å²) in [7, 11) is 4.01. The maximum absolute atomic E-state index is 11.0. The van der Waals surface area contributed by atoms with Gasteiger partial charge in [-0.3, -0.25) is 4.99 Å². The molecule has 1 atom stereocenters. The number of nitrogen functional groups attached to an aromatic ring is 1. The average Bonchev–Trinajstić information content (AvgIpc) is 3.00. The Morgan fingerprint density at radius 1 is 1.50 bits per heavy atom. The topological polar surface area (TPSA) is 120 Å². The first-order chi connectivity index (χ1) is 10.5. The minimum absolute atomic E-state index is 0.194. The number of unbranched alkanes of at least 4 members (excludes halogenated alkanes) is 1. The molecule has 0 radical (unpaired) electrons. The molecule has 1 unspecified atom stereocenters. The Morgan fingerprint density at radius 2 is 2.32 bits per heavy atom. The molecular formula is C12H21N7O2S. The van der Waals surface area contributed by atoms with Gasteiger partial charge in [0, 0.05) is 23.0 Å². The number of nitrogens with one attached hydrogen (secondary N) is 1. The SMILES string of the molecule is CN(C)Cc1cnn(OCCCCN=c2[nH][s+]([O-])nc2N)c1. The van der Waals surface area contributed by atoms with Crippen LogP contribution in [0.2, 0.25) is 0 Å². The smallest absolute Gasteiger partial charge is 0.229 e. The normalized spacial score (nSPS) is 13.1. The fraction of sp³-hybridized carbons (Fsp3) is 0.583. The van der Waals surface area contributed by atoms with Gasteiger partial charge in [-0.05, 0) is 26.9 Å². The minimum Gasteiger partial charge on any atom is -0.548 e. The van der Waals surface area contributed by atoms with Crippen molar-refractivity contribution in [3.8, 4) is 0 Å². The van der Waals surface area contributed by atoms with E-state index in [1.807, 2.05) is 20.3 Å². The van der Waals surface area contributed by atoms with E-state index in [-0.39, 0.29) is 5.82 Å². The third kappa shape index (κ3) is 5.13. The van der Waals surface area contributed by atoms with E-state index >= 15 is 0 Å². The van der Waals surface area contributed by atoms with Gasteiger partial charge in [-0.1, -0.05) is 0 Å². The van der Waals surface area contributed by atoms with Crippen LogP contribution in [-0.2, 0) is 6.54 Å². The molecule has 2 rings (SSSR count). The van der Waals surface area contributed by atoms with E-state index in [9.17, 15) is 4.55 Å². The first kappa shape index (κ1) is 16.5. The lowest BCUT2D eigenvalue weighted by molar-refractivity contribution is 0.0797. The molecule has 0 saturated carbocycles. The van der Waals surface area contributed by atoms with E-state index in [2.05, 4.69) is 23.7 Å². The lowest BCUT2D eigenvalue weighted by atomic mass is 10.3. The summed E-state index contributed by atoms with van der Waals surface area (Å²) in [6.45, 7) is 1.96. The van der Waals surface area contributed by atoms with Gasteiger partial charge < -0.3 is 20.0 Å². The molecule has 0 aromatic carbocycles. The standard InChI is InChI=1S/C12H21N7O2S/c1-18(2)8-10-7-15-19(9-10)21-6-4-3-5-14-12-11(13)16-22(20)17-12/h7,9H,3-6,8H2,1-2H3,(H2,13,16)(H,14,17). The maximum atomic E-state index is 11.0. The third-order valence-electron chi connectivity index (χ3n) is 2.77. The molecule has 0 amide bonds. The molecule has 10 heteroatoms. The van der Waals surface area contributed by atoms with Gasteiger partial charge in [0.2, 0.25) is 11.3 Å². The second-order valence-electron chi connectivity index (χ2n) is 5.09. The van der Waals surface area contributed by atoms with Crippen LogP contribution in [0.25, 0.3) is 0 Å². The fourth-order valence-corrected chi connectivity index (χ4v) is 2.47. The zero-order valence-electron chi connectivity index (χ0n) is 12.7. The largest absolute Gasteiger partial charge is 0.548 e. The number of hydrogen-bond donors (Lipinski definition) is 2. The first-order valence-corrected chi connectivity index (χ1v) is 8.04. The van der Waals surface area contributed by atoms with E-state index < -0.39 is 11.1 Å². The monoisotopic (exact) mass is 327 g/mol. The van der Waals surface area contributed by atoms with Crippen LogP contribution in [0.5, 0.6) is 0 Å². The van der Waals surface area contributed by atoms with Crippen molar-refractivity contribution in [1.82, 2.24) is 23.6 Å². The summed E-state index contributed by atoms with van der Waals surface area (Å²) in [5.41, 5.74) is 7.05. The van der Waals surface area contributed by atoms with E-state index in [1.165, 1.54) is 4.85 Å². The summed E-state index contributed by atoms with van der Waals surface area (Å²) in [6, 6.07) is 0. The van der Waals surface area contributed by atoms with Crippen LogP contribution in [0.15, 0.2) is 17.4 Å². The van der Waals surface area contributed by atoms with Crippen LogP contribution in [0.3, 0.4) is 0 Å². The Bertz CT molecular complexity index is 646. The summed E-state index contributed by atoms with van der Waals surface area (Å²) < 4.78 is 17.3. The van der Waals surface area contributed by atoms with E-state index in [0.717, 1.165) is 24.9 Å². The van der Waals surface area contributed by atoms with Crippen molar-refractivity contribution >= 4 is 17.0 Å². The van der Waals surface area contributed by atoms with Gasteiger partial charge >= 0.3 is 0 Å². The van der Waals surface area contributed by atoms with Gasteiger partial charge in [-0.25, -0.2) is 0 Å². The molecule has 0 aliphatic carbocycles. The Hall–Kier alpha value is -1.91. The minimum atomic E-state index is -1.48.